The van der Waals surface area contributed by atoms with E-state index in [2.05, 4.69) is 10.1 Å². The predicted molar refractivity (Wildman–Crippen MR) is 126 cm³/mol. The summed E-state index contributed by atoms with van der Waals surface area (Å²) in [5.41, 5.74) is 1.25. The van der Waals surface area contributed by atoms with Crippen molar-refractivity contribution in [2.24, 2.45) is 0 Å². The van der Waals surface area contributed by atoms with E-state index in [9.17, 15) is 28.0 Å². The molecule has 1 saturated heterocycles. The summed E-state index contributed by atoms with van der Waals surface area (Å²) in [7, 11) is 1.25. The molecule has 1 aliphatic heterocycles. The molecule has 0 spiro atoms. The molecule has 0 unspecified atom stereocenters. The molecule has 3 aromatic rings. The first-order valence-corrected chi connectivity index (χ1v) is 10.9. The van der Waals surface area contributed by atoms with Crippen molar-refractivity contribution < 1.29 is 32.7 Å². The Morgan fingerprint density at radius 1 is 0.944 bits per heavy atom. The number of ether oxygens (including phenoxy) is 1. The Morgan fingerprint density at radius 2 is 1.64 bits per heavy atom. The summed E-state index contributed by atoms with van der Waals surface area (Å²) < 4.78 is 31.8. The van der Waals surface area contributed by atoms with Crippen LogP contribution in [-0.2, 0) is 20.9 Å². The molecule has 1 atom stereocenters. The van der Waals surface area contributed by atoms with Crippen LogP contribution in [0.3, 0.4) is 0 Å². The van der Waals surface area contributed by atoms with Crippen molar-refractivity contribution in [3.05, 3.63) is 95.6 Å². The van der Waals surface area contributed by atoms with Crippen molar-refractivity contribution in [3.8, 4) is 0 Å². The van der Waals surface area contributed by atoms with E-state index in [0.29, 0.717) is 16.8 Å². The van der Waals surface area contributed by atoms with Gasteiger partial charge in [0.1, 0.15) is 17.7 Å². The summed E-state index contributed by atoms with van der Waals surface area (Å²) in [5.74, 6) is -2.80. The summed E-state index contributed by atoms with van der Waals surface area (Å²) in [5, 5.41) is 2.63. The van der Waals surface area contributed by atoms with Crippen molar-refractivity contribution >= 4 is 35.2 Å². The van der Waals surface area contributed by atoms with Crippen molar-refractivity contribution in [1.29, 1.82) is 0 Å². The molecule has 0 radical (unpaired) electrons. The van der Waals surface area contributed by atoms with E-state index < -0.39 is 41.5 Å². The van der Waals surface area contributed by atoms with E-state index in [1.54, 1.807) is 6.07 Å². The van der Waals surface area contributed by atoms with Gasteiger partial charge < -0.3 is 15.0 Å². The number of nitrogens with zero attached hydrogens (tertiary/aromatic N) is 2. The Balaban J connectivity index is 1.56. The largest absolute Gasteiger partial charge is 0.465 e. The predicted octanol–water partition coefficient (Wildman–Crippen LogP) is 4.12. The number of hydrogen-bond acceptors (Lipinski definition) is 5. The number of methoxy groups -OCH3 is 1. The van der Waals surface area contributed by atoms with Crippen LogP contribution in [0, 0.1) is 11.6 Å². The lowest BCUT2D eigenvalue weighted by Gasteiger charge is -2.21. The van der Waals surface area contributed by atoms with Crippen molar-refractivity contribution in [2.75, 3.05) is 17.3 Å². The van der Waals surface area contributed by atoms with Crippen LogP contribution >= 0.6 is 0 Å². The van der Waals surface area contributed by atoms with Gasteiger partial charge in [0.25, 0.3) is 5.91 Å². The first-order chi connectivity index (χ1) is 17.3. The summed E-state index contributed by atoms with van der Waals surface area (Å²) in [6.07, 6.45) is -0.379. The molecule has 36 heavy (non-hydrogen) atoms. The molecule has 0 bridgehead atoms. The van der Waals surface area contributed by atoms with Crippen molar-refractivity contribution in [1.82, 2.24) is 4.90 Å². The van der Waals surface area contributed by atoms with E-state index in [4.69, 9.17) is 0 Å². The number of urea groups is 1. The van der Waals surface area contributed by atoms with Crippen LogP contribution in [0.5, 0.6) is 0 Å². The Morgan fingerprint density at radius 3 is 2.28 bits per heavy atom. The van der Waals surface area contributed by atoms with Crippen LogP contribution in [0.2, 0.25) is 0 Å². The number of hydrogen-bond donors (Lipinski definition) is 1. The van der Waals surface area contributed by atoms with E-state index >= 15 is 0 Å². The second kappa shape index (κ2) is 10.3. The van der Waals surface area contributed by atoms with Crippen LogP contribution in [0.25, 0.3) is 0 Å². The lowest BCUT2D eigenvalue weighted by atomic mass is 10.1. The SMILES string of the molecule is COC(=O)c1ccc(NC(=O)C[C@@H]2C(=O)N(c3ccc(F)cc3)C(=O)N2Cc2cccc(F)c2)cc1. The monoisotopic (exact) mass is 493 g/mol. The Bertz CT molecular complexity index is 1310. The molecule has 0 saturated carbocycles. The highest BCUT2D eigenvalue weighted by molar-refractivity contribution is 6.22. The first-order valence-electron chi connectivity index (χ1n) is 10.9. The molecule has 10 heteroatoms. The number of esters is 1. The number of amides is 4. The van der Waals surface area contributed by atoms with E-state index in [1.165, 1.54) is 66.6 Å². The van der Waals surface area contributed by atoms with Gasteiger partial charge >= 0.3 is 12.0 Å². The smallest absolute Gasteiger partial charge is 0.337 e. The topological polar surface area (TPSA) is 96.0 Å². The minimum Gasteiger partial charge on any atom is -0.465 e. The average molecular weight is 493 g/mol. The maximum absolute atomic E-state index is 13.7. The van der Waals surface area contributed by atoms with Gasteiger partial charge in [-0.3, -0.25) is 9.59 Å². The lowest BCUT2D eigenvalue weighted by molar-refractivity contribution is -0.124. The van der Waals surface area contributed by atoms with Gasteiger partial charge in [0.15, 0.2) is 0 Å². The van der Waals surface area contributed by atoms with Gasteiger partial charge in [-0.15, -0.1) is 0 Å². The minimum atomic E-state index is -1.18. The Hall–Kier alpha value is -4.60. The number of carbonyl (C=O) groups excluding carboxylic acids is 4. The highest BCUT2D eigenvalue weighted by Gasteiger charge is 2.46. The van der Waals surface area contributed by atoms with Gasteiger partial charge in [-0.1, -0.05) is 12.1 Å². The highest BCUT2D eigenvalue weighted by Crippen LogP contribution is 2.29. The van der Waals surface area contributed by atoms with Crippen molar-refractivity contribution in [2.45, 2.75) is 19.0 Å². The molecular formula is C26H21F2N3O5. The molecule has 184 valence electrons. The summed E-state index contributed by atoms with van der Waals surface area (Å²) in [6, 6.07) is 14.4. The fraction of sp³-hybridized carbons (Fsp3) is 0.154. The number of benzene rings is 3. The molecule has 1 fully saturated rings. The molecule has 1 aliphatic rings. The van der Waals surface area contributed by atoms with Gasteiger partial charge in [0.2, 0.25) is 5.91 Å². The number of rotatable bonds is 7. The molecule has 4 rings (SSSR count). The molecule has 0 aliphatic carbocycles. The molecular weight excluding hydrogens is 472 g/mol. The maximum Gasteiger partial charge on any atom is 0.337 e. The van der Waals surface area contributed by atoms with E-state index in [1.807, 2.05) is 0 Å². The number of anilines is 2. The van der Waals surface area contributed by atoms with E-state index in [0.717, 1.165) is 17.0 Å². The third-order valence-corrected chi connectivity index (χ3v) is 5.61. The number of halogens is 2. The maximum atomic E-state index is 13.7. The van der Waals surface area contributed by atoms with Gasteiger partial charge in [0.05, 0.1) is 24.8 Å². The number of imide groups is 1. The number of nitrogens with one attached hydrogen (secondary N) is 1. The Kier molecular flexibility index (Phi) is 7.05. The number of carbonyl (C=O) groups is 4. The van der Waals surface area contributed by atoms with Crippen LogP contribution in [-0.4, -0.2) is 41.9 Å². The van der Waals surface area contributed by atoms with Gasteiger partial charge in [-0.2, -0.15) is 0 Å². The molecule has 3 aromatic carbocycles. The molecule has 1 heterocycles. The third-order valence-electron chi connectivity index (χ3n) is 5.61. The minimum absolute atomic E-state index is 0.119. The quantitative estimate of drug-likeness (QED) is 0.395. The van der Waals surface area contributed by atoms with Gasteiger partial charge in [-0.05, 0) is 66.2 Å². The summed E-state index contributed by atoms with van der Waals surface area (Å²) in [6.45, 7) is -0.119. The second-order valence-electron chi connectivity index (χ2n) is 8.03. The molecule has 8 nitrogen and oxygen atoms in total. The van der Waals surface area contributed by atoms with Crippen molar-refractivity contribution in [3.63, 3.8) is 0 Å². The summed E-state index contributed by atoms with van der Waals surface area (Å²) >= 11 is 0. The van der Waals surface area contributed by atoms with Gasteiger partial charge in [0, 0.05) is 12.2 Å². The molecule has 1 N–H and O–H groups in total. The Labute approximate surface area is 205 Å². The molecule has 4 amide bonds. The van der Waals surface area contributed by atoms with Crippen LogP contribution in [0.1, 0.15) is 22.3 Å². The lowest BCUT2D eigenvalue weighted by Crippen LogP contribution is -2.37. The van der Waals surface area contributed by atoms with Crippen LogP contribution in [0.4, 0.5) is 25.0 Å². The van der Waals surface area contributed by atoms with Gasteiger partial charge in [-0.25, -0.2) is 23.3 Å². The highest BCUT2D eigenvalue weighted by atomic mass is 19.1. The zero-order valence-corrected chi connectivity index (χ0v) is 19.1. The molecule has 0 aromatic heterocycles. The van der Waals surface area contributed by atoms with E-state index in [-0.39, 0.29) is 18.7 Å². The van der Waals surface area contributed by atoms with Crippen LogP contribution < -0.4 is 10.2 Å². The zero-order chi connectivity index (χ0) is 25.8. The fourth-order valence-electron chi connectivity index (χ4n) is 3.87. The van der Waals surface area contributed by atoms with Crippen LogP contribution in [0.15, 0.2) is 72.8 Å². The first kappa shape index (κ1) is 24.5. The summed E-state index contributed by atoms with van der Waals surface area (Å²) in [4.78, 5) is 53.0. The fourth-order valence-corrected chi connectivity index (χ4v) is 3.87. The normalized spacial score (nSPS) is 15.2. The average Bonchev–Trinajstić information content (AvgIpc) is 3.08. The zero-order valence-electron chi connectivity index (χ0n) is 19.1. The third kappa shape index (κ3) is 5.22. The standard InChI is InChI=1S/C26H21F2N3O5/c1-36-25(34)17-5-9-20(10-6-17)29-23(32)14-22-24(33)31(21-11-7-18(27)8-12-21)26(35)30(22)15-16-3-2-4-19(28)13-16/h2-13,22H,14-15H2,1H3,(H,29,32)/t22-/m1/s1. The second-order valence-corrected chi connectivity index (χ2v) is 8.03.